The molecule has 0 unspecified atom stereocenters. The number of ketones is 1. The molecule has 20 heavy (non-hydrogen) atoms. The number of halogens is 2. The van der Waals surface area contributed by atoms with E-state index in [-0.39, 0.29) is 11.0 Å². The van der Waals surface area contributed by atoms with Crippen molar-refractivity contribution in [3.05, 3.63) is 70.8 Å². The molecule has 0 aliphatic heterocycles. The van der Waals surface area contributed by atoms with Gasteiger partial charge >= 0.3 is 0 Å². The zero-order valence-electron chi connectivity index (χ0n) is 11.7. The number of hydrogen-bond acceptors (Lipinski definition) is 1. The van der Waals surface area contributed by atoms with Crippen LogP contribution in [0.3, 0.4) is 0 Å². The second kappa shape index (κ2) is 5.16. The van der Waals surface area contributed by atoms with Crippen molar-refractivity contribution < 1.29 is 13.6 Å². The van der Waals surface area contributed by atoms with Crippen molar-refractivity contribution in [2.24, 2.45) is 0 Å². The summed E-state index contributed by atoms with van der Waals surface area (Å²) in [4.78, 5) is 12.5. The van der Waals surface area contributed by atoms with Gasteiger partial charge < -0.3 is 0 Å². The molecule has 2 aromatic carbocycles. The quantitative estimate of drug-likeness (QED) is 0.737. The highest BCUT2D eigenvalue weighted by molar-refractivity contribution is 6.10. The Kier molecular flexibility index (Phi) is 3.71. The third-order valence-corrected chi connectivity index (χ3v) is 3.16. The molecular weight excluding hydrogens is 258 g/mol. The van der Waals surface area contributed by atoms with Gasteiger partial charge in [-0.2, -0.15) is 0 Å². The lowest BCUT2D eigenvalue weighted by Crippen LogP contribution is -2.18. The Labute approximate surface area is 117 Å². The third kappa shape index (κ3) is 2.77. The van der Waals surface area contributed by atoms with Crippen molar-refractivity contribution in [3.63, 3.8) is 0 Å². The Morgan fingerprint density at radius 2 is 1.60 bits per heavy atom. The van der Waals surface area contributed by atoms with E-state index in [0.29, 0.717) is 5.56 Å². The van der Waals surface area contributed by atoms with E-state index in [2.05, 4.69) is 0 Å². The van der Waals surface area contributed by atoms with E-state index in [0.717, 1.165) is 17.7 Å². The first-order valence-electron chi connectivity index (χ1n) is 6.40. The van der Waals surface area contributed by atoms with E-state index >= 15 is 0 Å². The van der Waals surface area contributed by atoms with Crippen molar-refractivity contribution in [1.29, 1.82) is 0 Å². The molecule has 2 rings (SSSR count). The van der Waals surface area contributed by atoms with Crippen molar-refractivity contribution in [3.8, 4) is 0 Å². The van der Waals surface area contributed by atoms with Crippen LogP contribution in [0.2, 0.25) is 0 Å². The maximum atomic E-state index is 13.8. The van der Waals surface area contributed by atoms with Crippen molar-refractivity contribution >= 4 is 5.78 Å². The molecule has 0 saturated carbocycles. The summed E-state index contributed by atoms with van der Waals surface area (Å²) in [5.74, 6) is -1.95. The molecule has 3 heteroatoms. The van der Waals surface area contributed by atoms with Gasteiger partial charge in [-0.25, -0.2) is 8.78 Å². The Hall–Kier alpha value is -2.03. The van der Waals surface area contributed by atoms with Gasteiger partial charge in [-0.1, -0.05) is 45.0 Å². The van der Waals surface area contributed by atoms with Crippen molar-refractivity contribution in [1.82, 2.24) is 0 Å². The largest absolute Gasteiger partial charge is 0.288 e. The van der Waals surface area contributed by atoms with Crippen molar-refractivity contribution in [2.75, 3.05) is 0 Å². The number of rotatable bonds is 2. The first-order valence-corrected chi connectivity index (χ1v) is 6.40. The molecule has 0 fully saturated rings. The highest BCUT2D eigenvalue weighted by Crippen LogP contribution is 2.28. The SMILES string of the molecule is CC(C)(C)c1ccccc1C(=O)c1ccc(F)cc1F. The molecule has 0 spiro atoms. The van der Waals surface area contributed by atoms with Crippen LogP contribution in [-0.2, 0) is 5.41 Å². The van der Waals surface area contributed by atoms with Crippen LogP contribution in [0.4, 0.5) is 8.78 Å². The van der Waals surface area contributed by atoms with Gasteiger partial charge in [-0.05, 0) is 23.1 Å². The van der Waals surface area contributed by atoms with Crippen LogP contribution in [-0.4, -0.2) is 5.78 Å². The van der Waals surface area contributed by atoms with E-state index in [1.807, 2.05) is 32.9 Å². The predicted octanol–water partition coefficient (Wildman–Crippen LogP) is 4.49. The van der Waals surface area contributed by atoms with E-state index in [1.54, 1.807) is 12.1 Å². The van der Waals surface area contributed by atoms with Gasteiger partial charge in [-0.3, -0.25) is 4.79 Å². The molecule has 104 valence electrons. The molecule has 0 aromatic heterocycles. The average molecular weight is 274 g/mol. The number of benzene rings is 2. The summed E-state index contributed by atoms with van der Waals surface area (Å²) in [6.07, 6.45) is 0. The Balaban J connectivity index is 2.55. The number of carbonyl (C=O) groups is 1. The topological polar surface area (TPSA) is 17.1 Å². The number of hydrogen-bond donors (Lipinski definition) is 0. The highest BCUT2D eigenvalue weighted by atomic mass is 19.1. The summed E-state index contributed by atoms with van der Waals surface area (Å²) < 4.78 is 26.7. The first kappa shape index (κ1) is 14.4. The van der Waals surface area contributed by atoms with Gasteiger partial charge in [0.15, 0.2) is 5.78 Å². The lowest BCUT2D eigenvalue weighted by molar-refractivity contribution is 0.103. The van der Waals surface area contributed by atoms with Crippen LogP contribution in [0.5, 0.6) is 0 Å². The molecule has 0 bridgehead atoms. The van der Waals surface area contributed by atoms with Gasteiger partial charge in [0.25, 0.3) is 0 Å². The van der Waals surface area contributed by atoms with Crippen LogP contribution >= 0.6 is 0 Å². The maximum Gasteiger partial charge on any atom is 0.196 e. The number of carbonyl (C=O) groups excluding carboxylic acids is 1. The van der Waals surface area contributed by atoms with Crippen LogP contribution < -0.4 is 0 Å². The van der Waals surface area contributed by atoms with Crippen LogP contribution in [0.15, 0.2) is 42.5 Å². The molecule has 0 radical (unpaired) electrons. The average Bonchev–Trinajstić information content (AvgIpc) is 2.37. The minimum atomic E-state index is -0.835. The molecule has 0 aliphatic carbocycles. The van der Waals surface area contributed by atoms with Crippen LogP contribution in [0, 0.1) is 11.6 Å². The molecule has 0 N–H and O–H groups in total. The normalized spacial score (nSPS) is 11.4. The van der Waals surface area contributed by atoms with Gasteiger partial charge in [0.2, 0.25) is 0 Å². The second-order valence-corrected chi connectivity index (χ2v) is 5.75. The van der Waals surface area contributed by atoms with Gasteiger partial charge in [-0.15, -0.1) is 0 Å². The minimum Gasteiger partial charge on any atom is -0.288 e. The fourth-order valence-corrected chi connectivity index (χ4v) is 2.15. The lowest BCUT2D eigenvalue weighted by atomic mass is 9.82. The Bertz CT molecular complexity index is 654. The molecule has 0 amide bonds. The molecule has 0 heterocycles. The Morgan fingerprint density at radius 1 is 0.950 bits per heavy atom. The molecule has 1 nitrogen and oxygen atoms in total. The zero-order valence-corrected chi connectivity index (χ0v) is 11.7. The van der Waals surface area contributed by atoms with E-state index < -0.39 is 17.4 Å². The van der Waals surface area contributed by atoms with Gasteiger partial charge in [0.1, 0.15) is 11.6 Å². The molecular formula is C17H16F2O. The monoisotopic (exact) mass is 274 g/mol. The summed E-state index contributed by atoms with van der Waals surface area (Å²) in [6.45, 7) is 5.96. The minimum absolute atomic E-state index is 0.108. The Morgan fingerprint density at radius 3 is 2.20 bits per heavy atom. The van der Waals surface area contributed by atoms with Crippen LogP contribution in [0.25, 0.3) is 0 Å². The summed E-state index contributed by atoms with van der Waals surface area (Å²) in [5, 5.41) is 0. The second-order valence-electron chi connectivity index (χ2n) is 5.75. The fourth-order valence-electron chi connectivity index (χ4n) is 2.15. The third-order valence-electron chi connectivity index (χ3n) is 3.16. The molecule has 0 atom stereocenters. The standard InChI is InChI=1S/C17H16F2O/c1-17(2,3)14-7-5-4-6-12(14)16(20)13-9-8-11(18)10-15(13)19/h4-10H,1-3H3. The summed E-state index contributed by atoms with van der Waals surface area (Å²) in [7, 11) is 0. The predicted molar refractivity (Wildman–Crippen MR) is 74.9 cm³/mol. The van der Waals surface area contributed by atoms with E-state index in [9.17, 15) is 13.6 Å². The summed E-state index contributed by atoms with van der Waals surface area (Å²) in [6, 6.07) is 10.1. The first-order chi connectivity index (χ1) is 9.30. The van der Waals surface area contributed by atoms with E-state index in [1.165, 1.54) is 6.07 Å². The molecule has 0 saturated heterocycles. The fraction of sp³-hybridized carbons (Fsp3) is 0.235. The van der Waals surface area contributed by atoms with Gasteiger partial charge in [0, 0.05) is 11.6 Å². The summed E-state index contributed by atoms with van der Waals surface area (Å²) >= 11 is 0. The zero-order chi connectivity index (χ0) is 14.9. The van der Waals surface area contributed by atoms with Crippen LogP contribution in [0.1, 0.15) is 42.3 Å². The highest BCUT2D eigenvalue weighted by Gasteiger charge is 2.23. The molecule has 2 aromatic rings. The lowest BCUT2D eigenvalue weighted by Gasteiger charge is -2.22. The molecule has 0 aliphatic rings. The smallest absolute Gasteiger partial charge is 0.196 e. The maximum absolute atomic E-state index is 13.8. The van der Waals surface area contributed by atoms with E-state index in [4.69, 9.17) is 0 Å². The summed E-state index contributed by atoms with van der Waals surface area (Å²) in [5.41, 5.74) is 0.949. The van der Waals surface area contributed by atoms with Crippen molar-refractivity contribution in [2.45, 2.75) is 26.2 Å². The van der Waals surface area contributed by atoms with Gasteiger partial charge in [0.05, 0.1) is 5.56 Å².